The van der Waals surface area contributed by atoms with Crippen LogP contribution in [0.5, 0.6) is 5.75 Å². The van der Waals surface area contributed by atoms with E-state index in [2.05, 4.69) is 4.99 Å². The first-order valence-electron chi connectivity index (χ1n) is 7.37. The maximum atomic E-state index is 10.8. The second-order valence-electron chi connectivity index (χ2n) is 5.69. The van der Waals surface area contributed by atoms with Crippen LogP contribution in [0.2, 0.25) is 5.02 Å². The molecule has 0 bridgehead atoms. The third-order valence-electron chi connectivity index (χ3n) is 4.34. The van der Waals surface area contributed by atoms with Crippen molar-refractivity contribution in [3.63, 3.8) is 0 Å². The molecule has 1 aromatic carbocycles. The Morgan fingerprint density at radius 1 is 1.38 bits per heavy atom. The number of rotatable bonds is 4. The van der Waals surface area contributed by atoms with Crippen LogP contribution in [0.25, 0.3) is 0 Å². The van der Waals surface area contributed by atoms with Gasteiger partial charge in [0.05, 0.1) is 23.8 Å². The zero-order chi connectivity index (χ0) is 14.7. The molecule has 1 unspecified atom stereocenters. The predicted octanol–water partition coefficient (Wildman–Crippen LogP) is 3.61. The molecule has 2 aliphatic rings. The first-order chi connectivity index (χ1) is 10.2. The highest BCUT2D eigenvalue weighted by molar-refractivity contribution is 6.32. The van der Waals surface area contributed by atoms with E-state index in [-0.39, 0.29) is 6.10 Å². The minimum absolute atomic E-state index is 0.0711. The smallest absolute Gasteiger partial charge is 0.235 e. The van der Waals surface area contributed by atoms with E-state index in [1.807, 2.05) is 18.2 Å². The number of carbonyl (C=O) groups excluding carboxylic acids is 1. The summed E-state index contributed by atoms with van der Waals surface area (Å²) in [7, 11) is 0. The second-order valence-corrected chi connectivity index (χ2v) is 6.10. The first-order valence-corrected chi connectivity index (χ1v) is 7.75. The summed E-state index contributed by atoms with van der Waals surface area (Å²) in [4.78, 5) is 14.8. The summed E-state index contributed by atoms with van der Waals surface area (Å²) < 4.78 is 11.1. The maximum absolute atomic E-state index is 10.8. The standard InChI is InChI=1S/C16H18ClNO3/c17-14-9-12(16(18-11-19)6-1-2-7-16)3-4-15(14)21-13-5-8-20-10-13/h3-4,9,13H,1-2,5-8,10H2. The Balaban J connectivity index is 1.84. The Labute approximate surface area is 129 Å². The van der Waals surface area contributed by atoms with Gasteiger partial charge in [-0.05, 0) is 30.5 Å². The molecule has 0 spiro atoms. The molecule has 1 atom stereocenters. The molecule has 1 aliphatic carbocycles. The minimum Gasteiger partial charge on any atom is -0.486 e. The van der Waals surface area contributed by atoms with Gasteiger partial charge in [0, 0.05) is 6.42 Å². The topological polar surface area (TPSA) is 47.9 Å². The van der Waals surface area contributed by atoms with Crippen molar-refractivity contribution < 1.29 is 14.3 Å². The van der Waals surface area contributed by atoms with Gasteiger partial charge in [0.15, 0.2) is 0 Å². The van der Waals surface area contributed by atoms with Crippen LogP contribution < -0.4 is 4.74 Å². The van der Waals surface area contributed by atoms with Crippen LogP contribution in [0.4, 0.5) is 0 Å². The average molecular weight is 308 g/mol. The van der Waals surface area contributed by atoms with Gasteiger partial charge in [0.2, 0.25) is 6.08 Å². The second kappa shape index (κ2) is 6.18. The van der Waals surface area contributed by atoms with E-state index in [4.69, 9.17) is 21.1 Å². The molecule has 1 saturated carbocycles. The van der Waals surface area contributed by atoms with Gasteiger partial charge in [-0.25, -0.2) is 4.79 Å². The van der Waals surface area contributed by atoms with E-state index in [1.165, 1.54) is 0 Å². The quantitative estimate of drug-likeness (QED) is 0.630. The highest BCUT2D eigenvalue weighted by Gasteiger charge is 2.36. The molecule has 5 heteroatoms. The fraction of sp³-hybridized carbons (Fsp3) is 0.562. The van der Waals surface area contributed by atoms with Crippen molar-refractivity contribution >= 4 is 17.7 Å². The molecule has 112 valence electrons. The van der Waals surface area contributed by atoms with Gasteiger partial charge in [-0.1, -0.05) is 30.5 Å². The SMILES string of the molecule is O=C=NC1(c2ccc(OC3CCOC3)c(Cl)c2)CCCC1. The van der Waals surface area contributed by atoms with Crippen molar-refractivity contribution in [1.29, 1.82) is 0 Å². The largest absolute Gasteiger partial charge is 0.486 e. The van der Waals surface area contributed by atoms with Gasteiger partial charge in [0.1, 0.15) is 11.9 Å². The van der Waals surface area contributed by atoms with Gasteiger partial charge in [-0.2, -0.15) is 4.99 Å². The summed E-state index contributed by atoms with van der Waals surface area (Å²) in [5.74, 6) is 0.666. The van der Waals surface area contributed by atoms with Crippen molar-refractivity contribution in [3.05, 3.63) is 28.8 Å². The van der Waals surface area contributed by atoms with Gasteiger partial charge < -0.3 is 9.47 Å². The summed E-state index contributed by atoms with van der Waals surface area (Å²) in [5, 5.41) is 0.562. The predicted molar refractivity (Wildman–Crippen MR) is 79.6 cm³/mol. The van der Waals surface area contributed by atoms with Crippen molar-refractivity contribution in [1.82, 2.24) is 0 Å². The lowest BCUT2D eigenvalue weighted by Gasteiger charge is -2.24. The lowest BCUT2D eigenvalue weighted by atomic mass is 9.89. The van der Waals surface area contributed by atoms with Crippen LogP contribution in [-0.4, -0.2) is 25.4 Å². The third-order valence-corrected chi connectivity index (χ3v) is 4.64. The molecule has 21 heavy (non-hydrogen) atoms. The zero-order valence-corrected chi connectivity index (χ0v) is 12.6. The molecule has 1 aromatic rings. The summed E-state index contributed by atoms with van der Waals surface area (Å²) in [5.41, 5.74) is 0.531. The number of ether oxygens (including phenoxy) is 2. The fourth-order valence-corrected chi connectivity index (χ4v) is 3.41. The number of halogens is 1. The molecule has 0 amide bonds. The normalized spacial score (nSPS) is 23.8. The Morgan fingerprint density at radius 3 is 2.81 bits per heavy atom. The van der Waals surface area contributed by atoms with E-state index in [1.54, 1.807) is 6.08 Å². The van der Waals surface area contributed by atoms with Crippen LogP contribution in [0.3, 0.4) is 0 Å². The summed E-state index contributed by atoms with van der Waals surface area (Å²) >= 11 is 6.34. The zero-order valence-electron chi connectivity index (χ0n) is 11.8. The fourth-order valence-electron chi connectivity index (χ4n) is 3.18. The molecule has 0 aromatic heterocycles. The van der Waals surface area contributed by atoms with Gasteiger partial charge in [-0.3, -0.25) is 0 Å². The Morgan fingerprint density at radius 2 is 2.19 bits per heavy atom. The molecule has 1 saturated heterocycles. The van der Waals surface area contributed by atoms with Crippen LogP contribution in [0, 0.1) is 0 Å². The van der Waals surface area contributed by atoms with Crippen LogP contribution >= 0.6 is 11.6 Å². The van der Waals surface area contributed by atoms with Gasteiger partial charge in [-0.15, -0.1) is 0 Å². The van der Waals surface area contributed by atoms with E-state index >= 15 is 0 Å². The van der Waals surface area contributed by atoms with Crippen molar-refractivity contribution in [2.75, 3.05) is 13.2 Å². The molecular weight excluding hydrogens is 290 g/mol. The van der Waals surface area contributed by atoms with E-state index in [9.17, 15) is 4.79 Å². The lowest BCUT2D eigenvalue weighted by molar-refractivity contribution is 0.141. The number of hydrogen-bond donors (Lipinski definition) is 0. The molecule has 1 aliphatic heterocycles. The maximum Gasteiger partial charge on any atom is 0.235 e. The van der Waals surface area contributed by atoms with E-state index in [0.29, 0.717) is 17.4 Å². The van der Waals surface area contributed by atoms with Crippen molar-refractivity contribution in [2.45, 2.75) is 43.7 Å². The summed E-state index contributed by atoms with van der Waals surface area (Å²) in [6.45, 7) is 1.34. The van der Waals surface area contributed by atoms with Crippen molar-refractivity contribution in [2.24, 2.45) is 4.99 Å². The lowest BCUT2D eigenvalue weighted by Crippen LogP contribution is -2.19. The summed E-state index contributed by atoms with van der Waals surface area (Å²) in [6, 6.07) is 5.71. The van der Waals surface area contributed by atoms with Crippen LogP contribution in [0.1, 0.15) is 37.7 Å². The molecule has 0 N–H and O–H groups in total. The highest BCUT2D eigenvalue weighted by atomic mass is 35.5. The molecular formula is C16H18ClNO3. The van der Waals surface area contributed by atoms with Crippen LogP contribution in [-0.2, 0) is 15.1 Å². The molecule has 4 nitrogen and oxygen atoms in total. The third kappa shape index (κ3) is 2.98. The Hall–Kier alpha value is -1.35. The van der Waals surface area contributed by atoms with Gasteiger partial charge >= 0.3 is 0 Å². The minimum atomic E-state index is -0.444. The van der Waals surface area contributed by atoms with E-state index in [0.717, 1.165) is 44.3 Å². The molecule has 0 radical (unpaired) electrons. The average Bonchev–Trinajstić information content (AvgIpc) is 3.14. The number of isocyanates is 1. The molecule has 2 fully saturated rings. The summed E-state index contributed by atoms with van der Waals surface area (Å²) in [6.07, 6.45) is 6.56. The van der Waals surface area contributed by atoms with Crippen molar-refractivity contribution in [3.8, 4) is 5.75 Å². The number of aliphatic imine (C=N–C) groups is 1. The Bertz CT molecular complexity index is 557. The Kier molecular flexibility index (Phi) is 4.29. The number of nitrogens with zero attached hydrogens (tertiary/aromatic N) is 1. The highest BCUT2D eigenvalue weighted by Crippen LogP contribution is 2.44. The van der Waals surface area contributed by atoms with E-state index < -0.39 is 5.54 Å². The number of benzene rings is 1. The number of hydrogen-bond acceptors (Lipinski definition) is 4. The first kappa shape index (κ1) is 14.6. The van der Waals surface area contributed by atoms with Gasteiger partial charge in [0.25, 0.3) is 0 Å². The monoisotopic (exact) mass is 307 g/mol. The molecule has 1 heterocycles. The molecule has 3 rings (SSSR count). The van der Waals surface area contributed by atoms with Crippen LogP contribution in [0.15, 0.2) is 23.2 Å².